The molecule has 3 rings (SSSR count). The van der Waals surface area contributed by atoms with E-state index in [0.29, 0.717) is 55.1 Å². The van der Waals surface area contributed by atoms with Crippen LogP contribution >= 0.6 is 0 Å². The summed E-state index contributed by atoms with van der Waals surface area (Å²) in [5.41, 5.74) is 0. The van der Waals surface area contributed by atoms with Gasteiger partial charge in [0.25, 0.3) is 0 Å². The van der Waals surface area contributed by atoms with Crippen LogP contribution in [0.25, 0.3) is 0 Å². The summed E-state index contributed by atoms with van der Waals surface area (Å²) >= 11 is 0. The molecular formula is C20H33FO3. The van der Waals surface area contributed by atoms with Crippen molar-refractivity contribution in [2.45, 2.75) is 76.7 Å². The van der Waals surface area contributed by atoms with Gasteiger partial charge in [-0.2, -0.15) is 0 Å². The number of methoxy groups -OCH3 is 2. The van der Waals surface area contributed by atoms with E-state index in [-0.39, 0.29) is 5.92 Å². The van der Waals surface area contributed by atoms with Crippen molar-refractivity contribution in [3.05, 3.63) is 0 Å². The predicted molar refractivity (Wildman–Crippen MR) is 91.3 cm³/mol. The van der Waals surface area contributed by atoms with E-state index in [1.165, 1.54) is 0 Å². The van der Waals surface area contributed by atoms with Gasteiger partial charge in [0.1, 0.15) is 12.0 Å². The molecule has 0 spiro atoms. The summed E-state index contributed by atoms with van der Waals surface area (Å²) < 4.78 is 26.4. The maximum absolute atomic E-state index is 15.1. The second-order valence-corrected chi connectivity index (χ2v) is 8.42. The Bertz CT molecular complexity index is 448. The molecule has 0 heterocycles. The summed E-state index contributed by atoms with van der Waals surface area (Å²) in [6, 6.07) is 0. The first-order valence-electron chi connectivity index (χ1n) is 9.75. The van der Waals surface area contributed by atoms with Crippen molar-refractivity contribution in [2.24, 2.45) is 29.6 Å². The minimum Gasteiger partial charge on any atom is -0.353 e. The van der Waals surface area contributed by atoms with Crippen LogP contribution in [0.5, 0.6) is 0 Å². The first-order valence-corrected chi connectivity index (χ1v) is 9.75. The topological polar surface area (TPSA) is 35.5 Å². The maximum atomic E-state index is 15.1. The van der Waals surface area contributed by atoms with Gasteiger partial charge < -0.3 is 9.47 Å². The number of hydrogen-bond donors (Lipinski definition) is 0. The van der Waals surface area contributed by atoms with Crippen LogP contribution < -0.4 is 0 Å². The van der Waals surface area contributed by atoms with Crippen molar-refractivity contribution in [1.82, 2.24) is 0 Å². The van der Waals surface area contributed by atoms with Crippen LogP contribution in [0.2, 0.25) is 0 Å². The zero-order valence-corrected chi connectivity index (χ0v) is 15.4. The highest BCUT2D eigenvalue weighted by atomic mass is 19.1. The number of Topliss-reactive ketones (excluding diaryl/α,β-unsaturated/α-hetero) is 1. The molecule has 24 heavy (non-hydrogen) atoms. The Labute approximate surface area is 145 Å². The van der Waals surface area contributed by atoms with Crippen molar-refractivity contribution in [3.63, 3.8) is 0 Å². The number of fused-ring (bicyclic) bond motifs is 3. The van der Waals surface area contributed by atoms with Gasteiger partial charge in [0.2, 0.25) is 0 Å². The highest BCUT2D eigenvalue weighted by Crippen LogP contribution is 2.54. The van der Waals surface area contributed by atoms with Crippen molar-refractivity contribution in [3.8, 4) is 0 Å². The van der Waals surface area contributed by atoms with Crippen LogP contribution in [-0.4, -0.2) is 32.0 Å². The Hall–Kier alpha value is -0.480. The number of carbonyl (C=O) groups excluding carboxylic acids is 1. The van der Waals surface area contributed by atoms with Gasteiger partial charge in [-0.15, -0.1) is 0 Å². The lowest BCUT2D eigenvalue weighted by Crippen LogP contribution is -2.51. The van der Waals surface area contributed by atoms with E-state index < -0.39 is 12.0 Å². The number of hydrogen-bond acceptors (Lipinski definition) is 3. The van der Waals surface area contributed by atoms with Gasteiger partial charge in [0.05, 0.1) is 0 Å². The zero-order chi connectivity index (χ0) is 17.3. The third kappa shape index (κ3) is 3.41. The molecule has 0 aromatic rings. The monoisotopic (exact) mass is 340 g/mol. The van der Waals surface area contributed by atoms with Crippen molar-refractivity contribution >= 4 is 5.78 Å². The summed E-state index contributed by atoms with van der Waals surface area (Å²) in [7, 11) is 3.35. The van der Waals surface area contributed by atoms with Crippen molar-refractivity contribution in [2.75, 3.05) is 14.2 Å². The molecule has 0 aliphatic heterocycles. The number of halogens is 1. The maximum Gasteiger partial charge on any atom is 0.167 e. The fourth-order valence-electron chi connectivity index (χ4n) is 5.87. The molecule has 0 radical (unpaired) electrons. The van der Waals surface area contributed by atoms with Crippen molar-refractivity contribution in [1.29, 1.82) is 0 Å². The van der Waals surface area contributed by atoms with Crippen LogP contribution in [-0.2, 0) is 14.3 Å². The lowest BCUT2D eigenvalue weighted by Gasteiger charge is -2.52. The molecule has 3 fully saturated rings. The summed E-state index contributed by atoms with van der Waals surface area (Å²) in [5, 5.41) is 0. The number of ether oxygens (including phenoxy) is 2. The molecule has 3 aliphatic carbocycles. The Morgan fingerprint density at radius 3 is 2.42 bits per heavy atom. The van der Waals surface area contributed by atoms with E-state index in [1.54, 1.807) is 14.2 Å². The lowest BCUT2D eigenvalue weighted by molar-refractivity contribution is -0.250. The first kappa shape index (κ1) is 18.3. The molecule has 138 valence electrons. The Kier molecular flexibility index (Phi) is 5.65. The van der Waals surface area contributed by atoms with Crippen LogP contribution in [0.1, 0.15) is 64.7 Å². The second kappa shape index (κ2) is 7.41. The molecule has 6 atom stereocenters. The molecule has 0 aromatic carbocycles. The van der Waals surface area contributed by atoms with E-state index in [0.717, 1.165) is 32.1 Å². The van der Waals surface area contributed by atoms with Gasteiger partial charge in [-0.3, -0.25) is 4.79 Å². The van der Waals surface area contributed by atoms with Crippen LogP contribution in [0.3, 0.4) is 0 Å². The second-order valence-electron chi connectivity index (χ2n) is 8.42. The first-order chi connectivity index (χ1) is 11.5. The number of alkyl halides is 1. The Morgan fingerprint density at radius 1 is 1.00 bits per heavy atom. The molecule has 0 saturated heterocycles. The van der Waals surface area contributed by atoms with Crippen LogP contribution in [0.15, 0.2) is 0 Å². The molecule has 3 unspecified atom stereocenters. The predicted octanol–water partition coefficient (Wildman–Crippen LogP) is 4.54. The van der Waals surface area contributed by atoms with Crippen LogP contribution in [0.4, 0.5) is 4.39 Å². The quantitative estimate of drug-likeness (QED) is 0.693. The fourth-order valence-corrected chi connectivity index (χ4v) is 5.87. The van der Waals surface area contributed by atoms with Crippen molar-refractivity contribution < 1.29 is 18.7 Å². The van der Waals surface area contributed by atoms with E-state index in [9.17, 15) is 4.79 Å². The van der Waals surface area contributed by atoms with Gasteiger partial charge in [-0.25, -0.2) is 4.39 Å². The summed E-state index contributed by atoms with van der Waals surface area (Å²) in [6.07, 6.45) is 6.79. The molecule has 0 N–H and O–H groups in total. The molecule has 3 aliphatic rings. The number of carbonyl (C=O) groups is 1. The number of ketones is 1. The minimum absolute atomic E-state index is 0.0450. The summed E-state index contributed by atoms with van der Waals surface area (Å²) in [4.78, 5) is 11.9. The van der Waals surface area contributed by atoms with Gasteiger partial charge in [0, 0.05) is 39.9 Å². The Balaban J connectivity index is 1.81. The Morgan fingerprint density at radius 2 is 1.71 bits per heavy atom. The van der Waals surface area contributed by atoms with Gasteiger partial charge in [0.15, 0.2) is 5.79 Å². The normalized spacial score (nSPS) is 43.1. The number of rotatable bonds is 2. The summed E-state index contributed by atoms with van der Waals surface area (Å²) in [6.45, 7) is 2.24. The molecule has 0 amide bonds. The molecular weight excluding hydrogens is 307 g/mol. The van der Waals surface area contributed by atoms with Gasteiger partial charge in [-0.05, 0) is 61.7 Å². The molecule has 3 saturated carbocycles. The van der Waals surface area contributed by atoms with E-state index in [1.807, 2.05) is 0 Å². The highest BCUT2D eigenvalue weighted by molar-refractivity contribution is 5.78. The average molecular weight is 340 g/mol. The van der Waals surface area contributed by atoms with E-state index in [2.05, 4.69) is 6.92 Å². The molecule has 0 aromatic heterocycles. The molecule has 3 nitrogen and oxygen atoms in total. The fraction of sp³-hybridized carbons (Fsp3) is 0.950. The standard InChI is InChI=1S/C20H33FO3/c1-13-7-8-14(22)5-4-6-15-16-9-10-20(23-2,24-3)12-18(16)19(21)11-17(13)15/h13,15-19H,4-12H2,1-3H3/t13?,15?,16-,17+,18?,19-/m1/s1. The smallest absolute Gasteiger partial charge is 0.167 e. The highest BCUT2D eigenvalue weighted by Gasteiger charge is 2.52. The van der Waals surface area contributed by atoms with E-state index in [4.69, 9.17) is 9.47 Å². The van der Waals surface area contributed by atoms with E-state index >= 15 is 4.39 Å². The SMILES string of the molecule is COC1(OC)CC[C@@H]2C3CCCC(=O)CCC(C)[C@@H]3C[C@@H](F)C2C1. The molecule has 0 bridgehead atoms. The van der Waals surface area contributed by atoms with Crippen LogP contribution in [0, 0.1) is 29.6 Å². The van der Waals surface area contributed by atoms with Gasteiger partial charge in [-0.1, -0.05) is 6.92 Å². The largest absolute Gasteiger partial charge is 0.353 e. The minimum atomic E-state index is -0.764. The molecule has 4 heteroatoms. The third-order valence-corrected chi connectivity index (χ3v) is 7.36. The lowest BCUT2D eigenvalue weighted by atomic mass is 9.56. The zero-order valence-electron chi connectivity index (χ0n) is 15.4. The van der Waals surface area contributed by atoms with Gasteiger partial charge >= 0.3 is 0 Å². The third-order valence-electron chi connectivity index (χ3n) is 7.36. The summed E-state index contributed by atoms with van der Waals surface area (Å²) in [5.74, 6) is 1.72. The average Bonchev–Trinajstić information content (AvgIpc) is 2.66.